The SMILES string of the molecule is CCC1(CO)CCCN1C(=O)NCC(C)(C)OC. The maximum absolute atomic E-state index is 12.2. The zero-order valence-electron chi connectivity index (χ0n) is 12.0. The number of carbonyl (C=O) groups excluding carboxylic acids is 1. The third-order valence-electron chi connectivity index (χ3n) is 4.01. The van der Waals surface area contributed by atoms with Gasteiger partial charge in [0, 0.05) is 20.2 Å². The van der Waals surface area contributed by atoms with E-state index in [9.17, 15) is 9.90 Å². The molecule has 2 amide bonds. The first-order valence-corrected chi connectivity index (χ1v) is 6.62. The fourth-order valence-corrected chi connectivity index (χ4v) is 2.36. The number of carbonyl (C=O) groups is 1. The largest absolute Gasteiger partial charge is 0.394 e. The molecule has 0 radical (unpaired) electrons. The van der Waals surface area contributed by atoms with Crippen LogP contribution < -0.4 is 5.32 Å². The molecule has 1 unspecified atom stereocenters. The second kappa shape index (κ2) is 5.89. The number of aliphatic hydroxyl groups is 1. The number of amides is 2. The van der Waals surface area contributed by atoms with Gasteiger partial charge in [-0.1, -0.05) is 6.92 Å². The highest BCUT2D eigenvalue weighted by molar-refractivity contribution is 5.75. The van der Waals surface area contributed by atoms with Crippen molar-refractivity contribution in [1.82, 2.24) is 10.2 Å². The summed E-state index contributed by atoms with van der Waals surface area (Å²) in [6, 6.07) is -0.103. The van der Waals surface area contributed by atoms with Gasteiger partial charge in [-0.2, -0.15) is 0 Å². The Kier molecular flexibility index (Phi) is 4.99. The van der Waals surface area contributed by atoms with Gasteiger partial charge < -0.3 is 20.1 Å². The van der Waals surface area contributed by atoms with Gasteiger partial charge in [0.15, 0.2) is 0 Å². The van der Waals surface area contributed by atoms with Gasteiger partial charge in [-0.3, -0.25) is 0 Å². The maximum atomic E-state index is 12.2. The van der Waals surface area contributed by atoms with Crippen molar-refractivity contribution in [2.24, 2.45) is 0 Å². The second-order valence-corrected chi connectivity index (χ2v) is 5.61. The number of ether oxygens (including phenoxy) is 1. The molecule has 1 saturated heterocycles. The van der Waals surface area contributed by atoms with Gasteiger partial charge in [0.05, 0.1) is 17.7 Å². The van der Waals surface area contributed by atoms with Crippen LogP contribution in [0.4, 0.5) is 4.79 Å². The Labute approximate surface area is 109 Å². The molecule has 1 atom stereocenters. The summed E-state index contributed by atoms with van der Waals surface area (Å²) >= 11 is 0. The summed E-state index contributed by atoms with van der Waals surface area (Å²) < 4.78 is 5.27. The Morgan fingerprint density at radius 3 is 2.72 bits per heavy atom. The Balaban J connectivity index is 2.61. The van der Waals surface area contributed by atoms with Crippen LogP contribution in [0.5, 0.6) is 0 Å². The summed E-state index contributed by atoms with van der Waals surface area (Å²) in [5.41, 5.74) is -0.745. The van der Waals surface area contributed by atoms with E-state index in [0.29, 0.717) is 13.1 Å². The van der Waals surface area contributed by atoms with Crippen LogP contribution in [0.15, 0.2) is 0 Å². The Bertz CT molecular complexity index is 288. The summed E-state index contributed by atoms with van der Waals surface area (Å²) in [7, 11) is 1.63. The van der Waals surface area contributed by atoms with Gasteiger partial charge in [0.25, 0.3) is 0 Å². The molecule has 5 heteroatoms. The monoisotopic (exact) mass is 258 g/mol. The molecule has 1 aliphatic heterocycles. The van der Waals surface area contributed by atoms with Crippen LogP contribution in [0, 0.1) is 0 Å². The van der Waals surface area contributed by atoms with Crippen LogP contribution >= 0.6 is 0 Å². The highest BCUT2D eigenvalue weighted by atomic mass is 16.5. The molecular formula is C13H26N2O3. The van der Waals surface area contributed by atoms with E-state index >= 15 is 0 Å². The van der Waals surface area contributed by atoms with E-state index in [4.69, 9.17) is 4.74 Å². The summed E-state index contributed by atoms with van der Waals surface area (Å²) in [4.78, 5) is 14.0. The predicted octanol–water partition coefficient (Wildman–Crippen LogP) is 1.36. The molecule has 0 spiro atoms. The van der Waals surface area contributed by atoms with Crippen LogP contribution in [-0.4, -0.2) is 54.0 Å². The normalized spacial score (nSPS) is 24.4. The van der Waals surface area contributed by atoms with Crippen LogP contribution in [0.3, 0.4) is 0 Å². The third kappa shape index (κ3) is 3.14. The maximum Gasteiger partial charge on any atom is 0.318 e. The van der Waals surface area contributed by atoms with Gasteiger partial charge in [0.1, 0.15) is 0 Å². The lowest BCUT2D eigenvalue weighted by Crippen LogP contribution is -2.55. The van der Waals surface area contributed by atoms with E-state index in [1.54, 1.807) is 12.0 Å². The molecule has 18 heavy (non-hydrogen) atoms. The average Bonchev–Trinajstić information content (AvgIpc) is 2.80. The lowest BCUT2D eigenvalue weighted by molar-refractivity contribution is 0.0218. The van der Waals surface area contributed by atoms with Gasteiger partial charge in [-0.05, 0) is 33.1 Å². The molecular weight excluding hydrogens is 232 g/mol. The summed E-state index contributed by atoms with van der Waals surface area (Å²) in [5.74, 6) is 0. The van der Waals surface area contributed by atoms with Crippen molar-refractivity contribution in [3.8, 4) is 0 Å². The highest BCUT2D eigenvalue weighted by Gasteiger charge is 2.41. The Hall–Kier alpha value is -0.810. The molecule has 1 aliphatic rings. The molecule has 106 valence electrons. The lowest BCUT2D eigenvalue weighted by atomic mass is 9.94. The van der Waals surface area contributed by atoms with Crippen LogP contribution in [0.1, 0.15) is 40.0 Å². The van der Waals surface area contributed by atoms with Crippen molar-refractivity contribution in [2.75, 3.05) is 26.8 Å². The average molecular weight is 258 g/mol. The van der Waals surface area contributed by atoms with E-state index in [1.807, 2.05) is 20.8 Å². The number of methoxy groups -OCH3 is 1. The number of likely N-dealkylation sites (tertiary alicyclic amines) is 1. The number of nitrogens with zero attached hydrogens (tertiary/aromatic N) is 1. The number of aliphatic hydroxyl groups excluding tert-OH is 1. The number of hydrogen-bond acceptors (Lipinski definition) is 3. The minimum atomic E-state index is -0.374. The number of nitrogens with one attached hydrogen (secondary N) is 1. The van der Waals surface area contributed by atoms with Crippen molar-refractivity contribution in [3.05, 3.63) is 0 Å². The van der Waals surface area contributed by atoms with Crippen molar-refractivity contribution in [3.63, 3.8) is 0 Å². The van der Waals surface area contributed by atoms with E-state index in [0.717, 1.165) is 19.3 Å². The quantitative estimate of drug-likeness (QED) is 0.782. The predicted molar refractivity (Wildman–Crippen MR) is 70.5 cm³/mol. The first kappa shape index (κ1) is 15.2. The van der Waals surface area contributed by atoms with Crippen LogP contribution in [0.25, 0.3) is 0 Å². The summed E-state index contributed by atoms with van der Waals surface area (Å²) in [6.45, 7) is 7.08. The number of urea groups is 1. The molecule has 1 heterocycles. The van der Waals surface area contributed by atoms with E-state index in [2.05, 4.69) is 5.32 Å². The molecule has 1 fully saturated rings. The highest BCUT2D eigenvalue weighted by Crippen LogP contribution is 2.31. The molecule has 0 aromatic heterocycles. The van der Waals surface area contributed by atoms with E-state index in [1.165, 1.54) is 0 Å². The molecule has 5 nitrogen and oxygen atoms in total. The molecule has 0 aromatic rings. The van der Waals surface area contributed by atoms with Gasteiger partial charge in [-0.25, -0.2) is 4.79 Å². The van der Waals surface area contributed by atoms with Gasteiger partial charge in [0.2, 0.25) is 0 Å². The van der Waals surface area contributed by atoms with Crippen molar-refractivity contribution in [2.45, 2.75) is 51.2 Å². The molecule has 0 aliphatic carbocycles. The van der Waals surface area contributed by atoms with Gasteiger partial charge >= 0.3 is 6.03 Å². The van der Waals surface area contributed by atoms with E-state index < -0.39 is 0 Å². The van der Waals surface area contributed by atoms with E-state index in [-0.39, 0.29) is 23.8 Å². The van der Waals surface area contributed by atoms with Crippen molar-refractivity contribution >= 4 is 6.03 Å². The fourth-order valence-electron chi connectivity index (χ4n) is 2.36. The molecule has 0 saturated carbocycles. The van der Waals surface area contributed by atoms with Gasteiger partial charge in [-0.15, -0.1) is 0 Å². The number of rotatable bonds is 5. The Morgan fingerprint density at radius 2 is 2.22 bits per heavy atom. The smallest absolute Gasteiger partial charge is 0.318 e. The topological polar surface area (TPSA) is 61.8 Å². The fraction of sp³-hybridized carbons (Fsp3) is 0.923. The number of hydrogen-bond donors (Lipinski definition) is 2. The molecule has 1 rings (SSSR count). The third-order valence-corrected chi connectivity index (χ3v) is 4.01. The molecule has 2 N–H and O–H groups in total. The molecule has 0 aromatic carbocycles. The van der Waals surface area contributed by atoms with Crippen LogP contribution in [0.2, 0.25) is 0 Å². The minimum Gasteiger partial charge on any atom is -0.394 e. The minimum absolute atomic E-state index is 0.0323. The molecule has 0 bridgehead atoms. The zero-order chi connectivity index (χ0) is 13.8. The first-order valence-electron chi connectivity index (χ1n) is 6.62. The summed E-state index contributed by atoms with van der Waals surface area (Å²) in [6.07, 6.45) is 2.61. The standard InChI is InChI=1S/C13H26N2O3/c1-5-13(10-16)7-6-8-15(13)11(17)14-9-12(2,3)18-4/h16H,5-10H2,1-4H3,(H,14,17). The lowest BCUT2D eigenvalue weighted by Gasteiger charge is -2.37. The zero-order valence-corrected chi connectivity index (χ0v) is 12.0. The summed E-state index contributed by atoms with van der Waals surface area (Å²) in [5, 5.41) is 12.5. The van der Waals surface area contributed by atoms with Crippen molar-refractivity contribution < 1.29 is 14.6 Å². The second-order valence-electron chi connectivity index (χ2n) is 5.61. The Morgan fingerprint density at radius 1 is 1.56 bits per heavy atom. The first-order chi connectivity index (χ1) is 8.40. The van der Waals surface area contributed by atoms with Crippen LogP contribution in [-0.2, 0) is 4.74 Å². The van der Waals surface area contributed by atoms with Crippen molar-refractivity contribution in [1.29, 1.82) is 0 Å².